The molecule has 0 spiro atoms. The third-order valence-corrected chi connectivity index (χ3v) is 1.15. The summed E-state index contributed by atoms with van der Waals surface area (Å²) in [4.78, 5) is 0. The van der Waals surface area contributed by atoms with Crippen LogP contribution in [-0.2, 0) is 13.1 Å². The van der Waals surface area contributed by atoms with Gasteiger partial charge in [0.15, 0.2) is 0 Å². The second kappa shape index (κ2) is 3.28. The van der Waals surface area contributed by atoms with E-state index in [0.29, 0.717) is 19.6 Å². The molecule has 0 aliphatic carbocycles. The molecule has 5 heteroatoms. The maximum absolute atomic E-state index is 5.31. The SMILES string of the molecule is NCCn1cc(CN)nn1. The first-order chi connectivity index (χ1) is 4.86. The smallest absolute Gasteiger partial charge is 0.0962 e. The minimum atomic E-state index is 0.435. The quantitative estimate of drug-likeness (QED) is 0.547. The molecule has 10 heavy (non-hydrogen) atoms. The van der Waals surface area contributed by atoms with E-state index < -0.39 is 0 Å². The van der Waals surface area contributed by atoms with Crippen LogP contribution in [0.3, 0.4) is 0 Å². The summed E-state index contributed by atoms with van der Waals surface area (Å²) >= 11 is 0. The van der Waals surface area contributed by atoms with Crippen LogP contribution in [0.5, 0.6) is 0 Å². The fourth-order valence-corrected chi connectivity index (χ4v) is 0.674. The molecular formula is C5H11N5. The van der Waals surface area contributed by atoms with Gasteiger partial charge in [0.2, 0.25) is 0 Å². The highest BCUT2D eigenvalue weighted by Gasteiger charge is 1.94. The van der Waals surface area contributed by atoms with Crippen LogP contribution in [-0.4, -0.2) is 21.5 Å². The predicted octanol–water partition coefficient (Wildman–Crippen LogP) is -1.30. The first-order valence-corrected chi connectivity index (χ1v) is 3.16. The summed E-state index contributed by atoms with van der Waals surface area (Å²) in [5.41, 5.74) is 11.4. The van der Waals surface area contributed by atoms with Crippen LogP contribution in [0.4, 0.5) is 0 Å². The van der Waals surface area contributed by atoms with Gasteiger partial charge in [-0.3, -0.25) is 4.68 Å². The number of rotatable bonds is 3. The Morgan fingerprint density at radius 1 is 1.50 bits per heavy atom. The second-order valence-electron chi connectivity index (χ2n) is 1.97. The first-order valence-electron chi connectivity index (χ1n) is 3.16. The van der Waals surface area contributed by atoms with E-state index in [2.05, 4.69) is 10.3 Å². The van der Waals surface area contributed by atoms with E-state index in [0.717, 1.165) is 5.69 Å². The Hall–Kier alpha value is -0.940. The van der Waals surface area contributed by atoms with E-state index in [9.17, 15) is 0 Å². The molecule has 56 valence electrons. The molecule has 0 fully saturated rings. The summed E-state index contributed by atoms with van der Waals surface area (Å²) in [7, 11) is 0. The fraction of sp³-hybridized carbons (Fsp3) is 0.600. The number of nitrogens with two attached hydrogens (primary N) is 2. The molecule has 0 unspecified atom stereocenters. The van der Waals surface area contributed by atoms with Gasteiger partial charge in [-0.25, -0.2) is 0 Å². The molecule has 1 aromatic heterocycles. The topological polar surface area (TPSA) is 82.8 Å². The standard InChI is InChI=1S/C5H11N5/c6-1-2-10-4-5(3-7)8-9-10/h4H,1-3,6-7H2. The average molecular weight is 141 g/mol. The molecule has 0 amide bonds. The van der Waals surface area contributed by atoms with Gasteiger partial charge in [-0.2, -0.15) is 0 Å². The Morgan fingerprint density at radius 2 is 2.30 bits per heavy atom. The first kappa shape index (κ1) is 7.17. The van der Waals surface area contributed by atoms with Gasteiger partial charge in [0.05, 0.1) is 12.2 Å². The van der Waals surface area contributed by atoms with E-state index in [4.69, 9.17) is 11.5 Å². The molecule has 0 radical (unpaired) electrons. The van der Waals surface area contributed by atoms with Gasteiger partial charge < -0.3 is 11.5 Å². The summed E-state index contributed by atoms with van der Waals surface area (Å²) < 4.78 is 1.68. The molecule has 0 saturated carbocycles. The minimum Gasteiger partial charge on any atom is -0.329 e. The molecular weight excluding hydrogens is 130 g/mol. The zero-order valence-electron chi connectivity index (χ0n) is 5.70. The highest BCUT2D eigenvalue weighted by Crippen LogP contribution is 1.88. The number of nitrogens with zero attached hydrogens (tertiary/aromatic N) is 3. The van der Waals surface area contributed by atoms with Crippen LogP contribution in [0, 0.1) is 0 Å². The second-order valence-corrected chi connectivity index (χ2v) is 1.97. The van der Waals surface area contributed by atoms with Gasteiger partial charge in [0.25, 0.3) is 0 Å². The maximum Gasteiger partial charge on any atom is 0.0962 e. The van der Waals surface area contributed by atoms with E-state index in [1.54, 1.807) is 10.9 Å². The monoisotopic (exact) mass is 141 g/mol. The van der Waals surface area contributed by atoms with E-state index in [-0.39, 0.29) is 0 Å². The highest BCUT2D eigenvalue weighted by atomic mass is 15.4. The van der Waals surface area contributed by atoms with Crippen molar-refractivity contribution in [1.29, 1.82) is 0 Å². The molecule has 0 atom stereocenters. The van der Waals surface area contributed by atoms with Crippen LogP contribution in [0.1, 0.15) is 5.69 Å². The Bertz CT molecular complexity index is 194. The fourth-order valence-electron chi connectivity index (χ4n) is 0.674. The lowest BCUT2D eigenvalue weighted by Gasteiger charge is -1.91. The van der Waals surface area contributed by atoms with Crippen LogP contribution in [0.15, 0.2) is 6.20 Å². The zero-order chi connectivity index (χ0) is 7.40. The highest BCUT2D eigenvalue weighted by molar-refractivity contribution is 4.90. The number of hydrogen-bond acceptors (Lipinski definition) is 4. The molecule has 0 aliphatic rings. The van der Waals surface area contributed by atoms with Crippen molar-refractivity contribution in [2.24, 2.45) is 11.5 Å². The van der Waals surface area contributed by atoms with E-state index >= 15 is 0 Å². The van der Waals surface area contributed by atoms with Crippen molar-refractivity contribution in [2.45, 2.75) is 13.1 Å². The van der Waals surface area contributed by atoms with Gasteiger partial charge in [0.1, 0.15) is 0 Å². The third-order valence-electron chi connectivity index (χ3n) is 1.15. The predicted molar refractivity (Wildman–Crippen MR) is 37.0 cm³/mol. The Labute approximate surface area is 59.0 Å². The Kier molecular flexibility index (Phi) is 2.35. The molecule has 1 heterocycles. The Balaban J connectivity index is 2.59. The van der Waals surface area contributed by atoms with Crippen LogP contribution < -0.4 is 11.5 Å². The normalized spacial score (nSPS) is 10.2. The molecule has 0 aromatic carbocycles. The van der Waals surface area contributed by atoms with Crippen LogP contribution in [0.25, 0.3) is 0 Å². The van der Waals surface area contributed by atoms with E-state index in [1.807, 2.05) is 0 Å². The summed E-state index contributed by atoms with van der Waals surface area (Å²) in [5.74, 6) is 0. The van der Waals surface area contributed by atoms with Crippen molar-refractivity contribution < 1.29 is 0 Å². The lowest BCUT2D eigenvalue weighted by molar-refractivity contribution is 0.598. The summed E-state index contributed by atoms with van der Waals surface area (Å²) in [6.07, 6.45) is 1.80. The minimum absolute atomic E-state index is 0.435. The van der Waals surface area contributed by atoms with Crippen LogP contribution >= 0.6 is 0 Å². The van der Waals surface area contributed by atoms with E-state index in [1.165, 1.54) is 0 Å². The molecule has 0 saturated heterocycles. The number of hydrogen-bond donors (Lipinski definition) is 2. The van der Waals surface area contributed by atoms with Crippen LogP contribution in [0.2, 0.25) is 0 Å². The van der Waals surface area contributed by atoms with Gasteiger partial charge in [-0.05, 0) is 0 Å². The molecule has 4 N–H and O–H groups in total. The van der Waals surface area contributed by atoms with Crippen molar-refractivity contribution in [3.63, 3.8) is 0 Å². The molecule has 1 rings (SSSR count). The molecule has 1 aromatic rings. The summed E-state index contributed by atoms with van der Waals surface area (Å²) in [6, 6.07) is 0. The van der Waals surface area contributed by atoms with Crippen molar-refractivity contribution >= 4 is 0 Å². The number of aromatic nitrogens is 3. The molecule has 5 nitrogen and oxygen atoms in total. The largest absolute Gasteiger partial charge is 0.329 e. The summed E-state index contributed by atoms with van der Waals surface area (Å²) in [6.45, 7) is 1.71. The van der Waals surface area contributed by atoms with Crippen molar-refractivity contribution in [2.75, 3.05) is 6.54 Å². The van der Waals surface area contributed by atoms with Gasteiger partial charge >= 0.3 is 0 Å². The van der Waals surface area contributed by atoms with Gasteiger partial charge in [-0.15, -0.1) is 5.10 Å². The summed E-state index contributed by atoms with van der Waals surface area (Å²) in [5, 5.41) is 7.57. The zero-order valence-corrected chi connectivity index (χ0v) is 5.70. The van der Waals surface area contributed by atoms with Crippen molar-refractivity contribution in [3.8, 4) is 0 Å². The third kappa shape index (κ3) is 1.52. The van der Waals surface area contributed by atoms with Crippen molar-refractivity contribution in [3.05, 3.63) is 11.9 Å². The van der Waals surface area contributed by atoms with Crippen molar-refractivity contribution in [1.82, 2.24) is 15.0 Å². The average Bonchev–Trinajstić information content (AvgIpc) is 2.37. The molecule has 0 aliphatic heterocycles. The maximum atomic E-state index is 5.31. The lowest BCUT2D eigenvalue weighted by Crippen LogP contribution is -2.10. The van der Waals surface area contributed by atoms with Gasteiger partial charge in [-0.1, -0.05) is 5.21 Å². The lowest BCUT2D eigenvalue weighted by atomic mass is 10.5. The van der Waals surface area contributed by atoms with Gasteiger partial charge in [0, 0.05) is 19.3 Å². The molecule has 0 bridgehead atoms. The Morgan fingerprint density at radius 3 is 2.80 bits per heavy atom.